The third-order valence-electron chi connectivity index (χ3n) is 3.54. The summed E-state index contributed by atoms with van der Waals surface area (Å²) in [4.78, 5) is 5.40. The monoisotopic (exact) mass is 279 g/mol. The summed E-state index contributed by atoms with van der Waals surface area (Å²) in [5, 5.41) is 4.76. The molecule has 0 bridgehead atoms. The first-order valence-corrected chi connectivity index (χ1v) is 7.24. The first-order chi connectivity index (χ1) is 10.2. The summed E-state index contributed by atoms with van der Waals surface area (Å²) in [6.07, 6.45) is 1.98. The lowest BCUT2D eigenvalue weighted by Gasteiger charge is -2.12. The highest BCUT2D eigenvalue weighted by Crippen LogP contribution is 2.17. The van der Waals surface area contributed by atoms with Crippen molar-refractivity contribution in [3.05, 3.63) is 65.9 Å². The van der Waals surface area contributed by atoms with E-state index in [1.807, 2.05) is 6.20 Å². The van der Waals surface area contributed by atoms with Crippen LogP contribution in [0, 0.1) is 0 Å². The van der Waals surface area contributed by atoms with Gasteiger partial charge in [-0.3, -0.25) is 0 Å². The minimum Gasteiger partial charge on any atom is -0.381 e. The van der Waals surface area contributed by atoms with E-state index in [9.17, 15) is 0 Å². The van der Waals surface area contributed by atoms with E-state index in [2.05, 4.69) is 77.8 Å². The highest BCUT2D eigenvalue weighted by atomic mass is 15.0. The first kappa shape index (κ1) is 13.7. The Labute approximate surface area is 125 Å². The number of benzene rings is 2. The molecule has 2 aromatic carbocycles. The highest BCUT2D eigenvalue weighted by molar-refractivity contribution is 5.79. The van der Waals surface area contributed by atoms with Crippen molar-refractivity contribution < 1.29 is 0 Å². The molecule has 0 fully saturated rings. The van der Waals surface area contributed by atoms with Crippen molar-refractivity contribution in [3.8, 4) is 0 Å². The highest BCUT2D eigenvalue weighted by Gasteiger charge is 2.00. The second kappa shape index (κ2) is 6.02. The Morgan fingerprint density at radius 2 is 1.90 bits per heavy atom. The van der Waals surface area contributed by atoms with Gasteiger partial charge in [0.1, 0.15) is 0 Å². The maximum absolute atomic E-state index is 3.50. The molecule has 0 saturated carbocycles. The number of hydrogen-bond acceptors (Lipinski definition) is 2. The van der Waals surface area contributed by atoms with Gasteiger partial charge >= 0.3 is 0 Å². The van der Waals surface area contributed by atoms with Crippen molar-refractivity contribution in [1.29, 1.82) is 0 Å². The van der Waals surface area contributed by atoms with Gasteiger partial charge in [0, 0.05) is 30.5 Å². The predicted molar refractivity (Wildman–Crippen MR) is 89.5 cm³/mol. The molecule has 0 amide bonds. The molecule has 3 heteroatoms. The van der Waals surface area contributed by atoms with Gasteiger partial charge in [-0.15, -0.1) is 0 Å². The Bertz CT molecular complexity index is 728. The molecule has 3 nitrogen and oxygen atoms in total. The molecule has 0 aliphatic carbocycles. The molecule has 0 aliphatic heterocycles. The lowest BCUT2D eigenvalue weighted by atomic mass is 10.1. The van der Waals surface area contributed by atoms with Crippen LogP contribution in [0.3, 0.4) is 0 Å². The fourth-order valence-corrected chi connectivity index (χ4v) is 2.56. The van der Waals surface area contributed by atoms with Crippen LogP contribution in [0.2, 0.25) is 0 Å². The van der Waals surface area contributed by atoms with E-state index < -0.39 is 0 Å². The molecule has 0 aliphatic rings. The van der Waals surface area contributed by atoms with Crippen LogP contribution in [0.4, 0.5) is 5.69 Å². The summed E-state index contributed by atoms with van der Waals surface area (Å²) in [6, 6.07) is 17.2. The van der Waals surface area contributed by atoms with Gasteiger partial charge in [-0.1, -0.05) is 18.2 Å². The Hall–Kier alpha value is -2.26. The minimum atomic E-state index is 0.840. The molecule has 3 rings (SSSR count). The van der Waals surface area contributed by atoms with Crippen LogP contribution < -0.4 is 5.32 Å². The van der Waals surface area contributed by atoms with Crippen LogP contribution in [-0.4, -0.2) is 24.0 Å². The number of aromatic nitrogens is 1. The van der Waals surface area contributed by atoms with Crippen molar-refractivity contribution in [2.24, 2.45) is 0 Å². The maximum atomic E-state index is 3.50. The van der Waals surface area contributed by atoms with E-state index in [0.717, 1.165) is 13.1 Å². The molecule has 108 valence electrons. The third kappa shape index (κ3) is 3.44. The Kier molecular flexibility index (Phi) is 3.93. The zero-order valence-corrected chi connectivity index (χ0v) is 12.6. The van der Waals surface area contributed by atoms with Crippen molar-refractivity contribution in [2.75, 3.05) is 19.4 Å². The van der Waals surface area contributed by atoms with Crippen LogP contribution in [0.25, 0.3) is 10.9 Å². The number of aromatic amines is 1. The van der Waals surface area contributed by atoms with Crippen molar-refractivity contribution in [2.45, 2.75) is 13.1 Å². The van der Waals surface area contributed by atoms with E-state index in [1.54, 1.807) is 0 Å². The maximum Gasteiger partial charge on any atom is 0.0454 e. The van der Waals surface area contributed by atoms with Gasteiger partial charge in [-0.05, 0) is 60.9 Å². The number of nitrogens with zero attached hydrogens (tertiary/aromatic N) is 1. The van der Waals surface area contributed by atoms with Gasteiger partial charge in [-0.2, -0.15) is 0 Å². The predicted octanol–water partition coefficient (Wildman–Crippen LogP) is 3.84. The molecule has 0 radical (unpaired) electrons. The summed E-state index contributed by atoms with van der Waals surface area (Å²) in [5.41, 5.74) is 4.97. The quantitative estimate of drug-likeness (QED) is 0.743. The van der Waals surface area contributed by atoms with E-state index in [1.165, 1.54) is 27.7 Å². The van der Waals surface area contributed by atoms with E-state index in [-0.39, 0.29) is 0 Å². The zero-order chi connectivity index (χ0) is 14.7. The van der Waals surface area contributed by atoms with Crippen molar-refractivity contribution in [1.82, 2.24) is 9.88 Å². The van der Waals surface area contributed by atoms with Crippen molar-refractivity contribution >= 4 is 16.6 Å². The van der Waals surface area contributed by atoms with E-state index in [0.29, 0.717) is 0 Å². The first-order valence-electron chi connectivity index (χ1n) is 7.24. The number of nitrogens with one attached hydrogen (secondary N) is 2. The molecule has 2 N–H and O–H groups in total. The lowest BCUT2D eigenvalue weighted by molar-refractivity contribution is 0.402. The molecule has 3 aromatic rings. The van der Waals surface area contributed by atoms with Gasteiger partial charge in [0.15, 0.2) is 0 Å². The van der Waals surface area contributed by atoms with Crippen LogP contribution in [0.15, 0.2) is 54.7 Å². The Morgan fingerprint density at radius 3 is 2.76 bits per heavy atom. The summed E-state index contributed by atoms with van der Waals surface area (Å²) >= 11 is 0. The molecule has 0 atom stereocenters. The second-order valence-electron chi connectivity index (χ2n) is 5.69. The normalized spacial score (nSPS) is 11.2. The molecule has 1 aromatic heterocycles. The van der Waals surface area contributed by atoms with Gasteiger partial charge in [0.25, 0.3) is 0 Å². The Balaban J connectivity index is 1.69. The Morgan fingerprint density at radius 1 is 1.00 bits per heavy atom. The zero-order valence-electron chi connectivity index (χ0n) is 12.6. The molecule has 21 heavy (non-hydrogen) atoms. The van der Waals surface area contributed by atoms with Crippen LogP contribution in [-0.2, 0) is 13.1 Å². The standard InChI is InChI=1S/C18H21N3/c1-21(2)13-15-4-3-5-17(11-15)20-12-14-6-7-18-16(10-14)8-9-19-18/h3-11,19-20H,12-13H2,1-2H3. The van der Waals surface area contributed by atoms with Crippen LogP contribution >= 0.6 is 0 Å². The smallest absolute Gasteiger partial charge is 0.0454 e. The fourth-order valence-electron chi connectivity index (χ4n) is 2.56. The largest absolute Gasteiger partial charge is 0.381 e. The fraction of sp³-hybridized carbons (Fsp3) is 0.222. The van der Waals surface area contributed by atoms with Crippen LogP contribution in [0.5, 0.6) is 0 Å². The number of hydrogen-bond donors (Lipinski definition) is 2. The van der Waals surface area contributed by atoms with Gasteiger partial charge in [-0.25, -0.2) is 0 Å². The average molecular weight is 279 g/mol. The number of rotatable bonds is 5. The summed E-state index contributed by atoms with van der Waals surface area (Å²) in [6.45, 7) is 1.80. The van der Waals surface area contributed by atoms with E-state index >= 15 is 0 Å². The lowest BCUT2D eigenvalue weighted by Crippen LogP contribution is -2.10. The molecule has 0 spiro atoms. The second-order valence-corrected chi connectivity index (χ2v) is 5.69. The van der Waals surface area contributed by atoms with Gasteiger partial charge < -0.3 is 15.2 Å². The van der Waals surface area contributed by atoms with Crippen LogP contribution in [0.1, 0.15) is 11.1 Å². The van der Waals surface area contributed by atoms with Crippen molar-refractivity contribution in [3.63, 3.8) is 0 Å². The molecular weight excluding hydrogens is 258 g/mol. The topological polar surface area (TPSA) is 31.1 Å². The summed E-state index contributed by atoms with van der Waals surface area (Å²) in [5.74, 6) is 0. The van der Waals surface area contributed by atoms with Gasteiger partial charge in [0.05, 0.1) is 0 Å². The third-order valence-corrected chi connectivity index (χ3v) is 3.54. The molecular formula is C18H21N3. The SMILES string of the molecule is CN(C)Cc1cccc(NCc2ccc3[nH]ccc3c2)c1. The number of fused-ring (bicyclic) bond motifs is 1. The molecule has 0 saturated heterocycles. The van der Waals surface area contributed by atoms with E-state index in [4.69, 9.17) is 0 Å². The molecule has 1 heterocycles. The van der Waals surface area contributed by atoms with Gasteiger partial charge in [0.2, 0.25) is 0 Å². The molecule has 0 unspecified atom stereocenters. The average Bonchev–Trinajstić information content (AvgIpc) is 2.92. The minimum absolute atomic E-state index is 0.840. The number of H-pyrrole nitrogens is 1. The number of anilines is 1. The summed E-state index contributed by atoms with van der Waals surface area (Å²) in [7, 11) is 4.18. The summed E-state index contributed by atoms with van der Waals surface area (Å²) < 4.78 is 0.